The van der Waals surface area contributed by atoms with Crippen molar-refractivity contribution in [2.45, 2.75) is 63.8 Å². The largest absolute Gasteiger partial charge is 0.497 e. The molecule has 0 spiro atoms. The first kappa shape index (κ1) is 38.0. The Labute approximate surface area is 335 Å². The maximum absolute atomic E-state index is 9.94. The highest BCUT2D eigenvalue weighted by Gasteiger charge is 2.48. The number of fused-ring (bicyclic) bond motifs is 8. The lowest BCUT2D eigenvalue weighted by Gasteiger charge is -2.40. The lowest BCUT2D eigenvalue weighted by atomic mass is 9.69. The second-order valence-corrected chi connectivity index (χ2v) is 15.0. The molecule has 2 aliphatic rings. The zero-order valence-electron chi connectivity index (χ0n) is 33.8. The van der Waals surface area contributed by atoms with Crippen LogP contribution in [0.2, 0.25) is 0 Å². The van der Waals surface area contributed by atoms with Crippen LogP contribution in [-0.2, 0) is 11.0 Å². The van der Waals surface area contributed by atoms with Crippen molar-refractivity contribution >= 4 is 16.8 Å². The Morgan fingerprint density at radius 3 is 1.84 bits per heavy atom. The Kier molecular flexibility index (Phi) is 10.1. The van der Waals surface area contributed by atoms with Gasteiger partial charge in [0.05, 0.1) is 28.4 Å². The number of hydrogen-bond donors (Lipinski definition) is 1. The van der Waals surface area contributed by atoms with Crippen molar-refractivity contribution in [3.8, 4) is 56.8 Å². The molecule has 2 unspecified atom stereocenters. The van der Waals surface area contributed by atoms with Gasteiger partial charge in [0, 0.05) is 39.1 Å². The number of benzene rings is 6. The average Bonchev–Trinajstić information content (AvgIpc) is 3.52. The van der Waals surface area contributed by atoms with Crippen LogP contribution in [0.1, 0.15) is 74.3 Å². The second-order valence-electron chi connectivity index (χ2n) is 15.0. The highest BCUT2D eigenvalue weighted by Crippen LogP contribution is 2.62. The van der Waals surface area contributed by atoms with E-state index in [0.717, 1.165) is 93.0 Å². The molecule has 7 nitrogen and oxygen atoms in total. The van der Waals surface area contributed by atoms with E-state index in [2.05, 4.69) is 74.5 Å². The summed E-state index contributed by atoms with van der Waals surface area (Å²) in [5, 5.41) is 12.0. The number of ether oxygens (including phenoxy) is 6. The van der Waals surface area contributed by atoms with Crippen molar-refractivity contribution in [2.24, 2.45) is 0 Å². The number of rotatable bonds is 13. The lowest BCUT2D eigenvalue weighted by Crippen LogP contribution is -2.35. The van der Waals surface area contributed by atoms with Crippen LogP contribution in [-0.4, -0.2) is 39.8 Å². The van der Waals surface area contributed by atoms with Gasteiger partial charge in [0.1, 0.15) is 34.5 Å². The molecule has 0 saturated carbocycles. The van der Waals surface area contributed by atoms with Crippen LogP contribution >= 0.6 is 0 Å². The molecule has 0 aromatic heterocycles. The Hall–Kier alpha value is -5.92. The monoisotopic (exact) mass is 762 g/mol. The van der Waals surface area contributed by atoms with Crippen LogP contribution in [0, 0.1) is 0 Å². The van der Waals surface area contributed by atoms with Crippen molar-refractivity contribution in [3.63, 3.8) is 0 Å². The van der Waals surface area contributed by atoms with E-state index in [4.69, 9.17) is 28.4 Å². The molecule has 8 rings (SSSR count). The van der Waals surface area contributed by atoms with Gasteiger partial charge in [-0.25, -0.2) is 0 Å². The van der Waals surface area contributed by atoms with Crippen LogP contribution < -0.4 is 28.4 Å². The van der Waals surface area contributed by atoms with Gasteiger partial charge in [0.15, 0.2) is 11.9 Å². The standard InChI is InChI=1S/C50H50O7/c1-8-25-49(26-9-2)44-28-32(39-22-19-38(54-6)30-45(39)55-7)10-21-41(44)46-43-29-37(53-5)20-23-40(43)48-42(47(46)49)24-27-50(57-48,33-11-15-35(52-4)16-12-33)34-13-17-36(18-14-34)56-31(3)51/h10-24,27-31,51H,8-9,25-26H2,1-7H3. The van der Waals surface area contributed by atoms with E-state index < -0.39 is 11.9 Å². The van der Waals surface area contributed by atoms with Gasteiger partial charge >= 0.3 is 0 Å². The van der Waals surface area contributed by atoms with Crippen LogP contribution in [0.25, 0.3) is 39.1 Å². The summed E-state index contributed by atoms with van der Waals surface area (Å²) in [6.07, 6.45) is 7.51. The fourth-order valence-electron chi connectivity index (χ4n) is 9.31. The smallest absolute Gasteiger partial charge is 0.194 e. The molecule has 2 atom stereocenters. The summed E-state index contributed by atoms with van der Waals surface area (Å²) >= 11 is 0. The third-order valence-corrected chi connectivity index (χ3v) is 11.7. The van der Waals surface area contributed by atoms with E-state index in [9.17, 15) is 5.11 Å². The van der Waals surface area contributed by atoms with E-state index in [-0.39, 0.29) is 5.41 Å². The molecule has 7 heteroatoms. The quantitative estimate of drug-likeness (QED) is 0.117. The molecule has 6 aromatic rings. The van der Waals surface area contributed by atoms with Gasteiger partial charge in [0.2, 0.25) is 0 Å². The van der Waals surface area contributed by atoms with Gasteiger partial charge in [0.25, 0.3) is 0 Å². The van der Waals surface area contributed by atoms with E-state index in [0.29, 0.717) is 5.75 Å². The summed E-state index contributed by atoms with van der Waals surface area (Å²) in [7, 11) is 6.78. The molecular formula is C50H50O7. The maximum atomic E-state index is 9.94. The summed E-state index contributed by atoms with van der Waals surface area (Å²) in [6.45, 7) is 6.17. The predicted octanol–water partition coefficient (Wildman–Crippen LogP) is 11.5. The Morgan fingerprint density at radius 1 is 0.632 bits per heavy atom. The zero-order valence-corrected chi connectivity index (χ0v) is 33.8. The number of aliphatic hydroxyl groups excluding tert-OH is 1. The maximum Gasteiger partial charge on any atom is 0.194 e. The minimum absolute atomic E-state index is 0.293. The van der Waals surface area contributed by atoms with Crippen molar-refractivity contribution < 1.29 is 33.5 Å². The van der Waals surface area contributed by atoms with Gasteiger partial charge in [-0.3, -0.25) is 0 Å². The van der Waals surface area contributed by atoms with Gasteiger partial charge in [-0.05, 0) is 120 Å². The third kappa shape index (κ3) is 6.25. The Morgan fingerprint density at radius 2 is 1.23 bits per heavy atom. The fraction of sp³-hybridized carbons (Fsp3) is 0.280. The molecule has 6 aromatic carbocycles. The summed E-state index contributed by atoms with van der Waals surface area (Å²) in [5.41, 5.74) is 8.89. The molecule has 0 radical (unpaired) electrons. The fourth-order valence-corrected chi connectivity index (χ4v) is 9.31. The minimum atomic E-state index is -0.995. The van der Waals surface area contributed by atoms with E-state index in [1.54, 1.807) is 35.4 Å². The number of methoxy groups -OCH3 is 4. The third-order valence-electron chi connectivity index (χ3n) is 11.7. The van der Waals surface area contributed by atoms with Crippen LogP contribution in [0.3, 0.4) is 0 Å². The molecule has 0 saturated heterocycles. The predicted molar refractivity (Wildman–Crippen MR) is 227 cm³/mol. The molecule has 0 amide bonds. The number of hydrogen-bond acceptors (Lipinski definition) is 7. The Balaban J connectivity index is 1.41. The van der Waals surface area contributed by atoms with E-state index in [1.807, 2.05) is 54.6 Å². The summed E-state index contributed by atoms with van der Waals surface area (Å²) in [5.74, 6) is 4.47. The zero-order chi connectivity index (χ0) is 39.9. The summed E-state index contributed by atoms with van der Waals surface area (Å²) in [4.78, 5) is 0. The van der Waals surface area contributed by atoms with Gasteiger partial charge in [-0.1, -0.05) is 69.2 Å². The van der Waals surface area contributed by atoms with E-state index >= 15 is 0 Å². The van der Waals surface area contributed by atoms with Gasteiger partial charge in [-0.15, -0.1) is 0 Å². The van der Waals surface area contributed by atoms with Crippen molar-refractivity contribution in [1.29, 1.82) is 0 Å². The average molecular weight is 763 g/mol. The second kappa shape index (κ2) is 15.2. The first-order valence-electron chi connectivity index (χ1n) is 19.8. The molecule has 1 aliphatic heterocycles. The summed E-state index contributed by atoms with van der Waals surface area (Å²) in [6, 6.07) is 35.1. The molecule has 292 valence electrons. The molecule has 1 heterocycles. The first-order chi connectivity index (χ1) is 27.7. The summed E-state index contributed by atoms with van der Waals surface area (Å²) < 4.78 is 36.2. The molecule has 0 bridgehead atoms. The molecule has 0 fully saturated rings. The molecule has 57 heavy (non-hydrogen) atoms. The minimum Gasteiger partial charge on any atom is -0.497 e. The van der Waals surface area contributed by atoms with Gasteiger partial charge < -0.3 is 33.5 Å². The van der Waals surface area contributed by atoms with Crippen molar-refractivity contribution in [1.82, 2.24) is 0 Å². The highest BCUT2D eigenvalue weighted by molar-refractivity contribution is 6.09. The van der Waals surface area contributed by atoms with Crippen molar-refractivity contribution in [3.05, 3.63) is 137 Å². The SMILES string of the molecule is CCCC1(CCC)c2cc(-c3ccc(OC)cc3OC)ccc2-c2c1c1c(c3ccc(OC)cc23)OC(c2ccc(OC)cc2)(c2ccc(OC(C)O)cc2)C=C1. The first-order valence-corrected chi connectivity index (χ1v) is 19.8. The lowest BCUT2D eigenvalue weighted by molar-refractivity contribution is -0.000338. The number of aliphatic hydroxyl groups is 1. The normalized spacial score (nSPS) is 16.6. The van der Waals surface area contributed by atoms with Crippen LogP contribution in [0.5, 0.6) is 34.5 Å². The van der Waals surface area contributed by atoms with Crippen LogP contribution in [0.15, 0.2) is 109 Å². The van der Waals surface area contributed by atoms with Gasteiger partial charge in [-0.2, -0.15) is 0 Å². The van der Waals surface area contributed by atoms with Crippen molar-refractivity contribution in [2.75, 3.05) is 28.4 Å². The van der Waals surface area contributed by atoms with Crippen LogP contribution in [0.4, 0.5) is 0 Å². The molecule has 1 aliphatic carbocycles. The van der Waals surface area contributed by atoms with E-state index in [1.165, 1.54) is 22.3 Å². The molecule has 1 N–H and O–H groups in total. The topological polar surface area (TPSA) is 75.6 Å². The molecular weight excluding hydrogens is 713 g/mol. The Bertz CT molecular complexity index is 2460. The highest BCUT2D eigenvalue weighted by atomic mass is 16.6.